The summed E-state index contributed by atoms with van der Waals surface area (Å²) in [6.07, 6.45) is 4.42. The second-order valence-corrected chi connectivity index (χ2v) is 2.79. The van der Waals surface area contributed by atoms with E-state index in [-0.39, 0.29) is 5.82 Å². The van der Waals surface area contributed by atoms with Crippen molar-refractivity contribution in [2.24, 2.45) is 5.73 Å². The van der Waals surface area contributed by atoms with E-state index in [2.05, 4.69) is 9.97 Å². The molecular formula is C9H9FN4. The van der Waals surface area contributed by atoms with E-state index < -0.39 is 0 Å². The molecular weight excluding hydrogens is 183 g/mol. The van der Waals surface area contributed by atoms with Gasteiger partial charge >= 0.3 is 0 Å². The van der Waals surface area contributed by atoms with Gasteiger partial charge in [0.1, 0.15) is 18.0 Å². The van der Waals surface area contributed by atoms with E-state index in [1.807, 2.05) is 0 Å². The molecule has 0 radical (unpaired) electrons. The maximum Gasteiger partial charge on any atom is 0.141 e. The number of nitrogens with two attached hydrogens (primary N) is 1. The summed E-state index contributed by atoms with van der Waals surface area (Å²) in [6.45, 7) is 0.374. The minimum Gasteiger partial charge on any atom is -0.325 e. The summed E-state index contributed by atoms with van der Waals surface area (Å²) in [6, 6.07) is 2.93. The van der Waals surface area contributed by atoms with Gasteiger partial charge < -0.3 is 5.73 Å². The molecule has 0 aliphatic carbocycles. The quantitative estimate of drug-likeness (QED) is 0.767. The average molecular weight is 192 g/mol. The van der Waals surface area contributed by atoms with Crippen molar-refractivity contribution in [2.75, 3.05) is 0 Å². The van der Waals surface area contributed by atoms with Crippen molar-refractivity contribution in [3.8, 4) is 5.82 Å². The molecule has 0 saturated heterocycles. The first kappa shape index (κ1) is 8.83. The number of nitrogens with zero attached hydrogens (tertiary/aromatic N) is 3. The SMILES string of the molecule is NCc1cncn1-c1ccc(F)cn1. The highest BCUT2D eigenvalue weighted by Gasteiger charge is 2.03. The summed E-state index contributed by atoms with van der Waals surface area (Å²) in [5.41, 5.74) is 6.34. The summed E-state index contributed by atoms with van der Waals surface area (Å²) in [5, 5.41) is 0. The average Bonchev–Trinajstić information content (AvgIpc) is 2.67. The third-order valence-electron chi connectivity index (χ3n) is 1.88. The van der Waals surface area contributed by atoms with E-state index in [0.29, 0.717) is 12.4 Å². The Labute approximate surface area is 80.2 Å². The molecule has 14 heavy (non-hydrogen) atoms. The van der Waals surface area contributed by atoms with Gasteiger partial charge in [-0.25, -0.2) is 14.4 Å². The van der Waals surface area contributed by atoms with E-state index >= 15 is 0 Å². The standard InChI is InChI=1S/C9H9FN4/c10-7-1-2-9(13-4-7)14-6-12-5-8(14)3-11/h1-2,4-6H,3,11H2. The largest absolute Gasteiger partial charge is 0.325 e. The number of pyridine rings is 1. The highest BCUT2D eigenvalue weighted by Crippen LogP contribution is 2.08. The Morgan fingerprint density at radius 2 is 2.21 bits per heavy atom. The molecule has 0 fully saturated rings. The predicted molar refractivity (Wildman–Crippen MR) is 49.2 cm³/mol. The Hall–Kier alpha value is -1.75. The topological polar surface area (TPSA) is 56.7 Å². The lowest BCUT2D eigenvalue weighted by molar-refractivity contribution is 0.620. The Balaban J connectivity index is 2.44. The van der Waals surface area contributed by atoms with Gasteiger partial charge in [-0.05, 0) is 12.1 Å². The van der Waals surface area contributed by atoms with Crippen LogP contribution >= 0.6 is 0 Å². The zero-order valence-electron chi connectivity index (χ0n) is 7.39. The number of halogens is 1. The molecule has 0 spiro atoms. The second kappa shape index (κ2) is 3.55. The van der Waals surface area contributed by atoms with Gasteiger partial charge in [-0.3, -0.25) is 4.57 Å². The van der Waals surface area contributed by atoms with Crippen LogP contribution in [0.3, 0.4) is 0 Å². The molecule has 2 rings (SSSR count). The molecule has 0 unspecified atom stereocenters. The van der Waals surface area contributed by atoms with Gasteiger partial charge in [0.15, 0.2) is 0 Å². The molecule has 0 atom stereocenters. The summed E-state index contributed by atoms with van der Waals surface area (Å²) < 4.78 is 14.3. The fraction of sp³-hybridized carbons (Fsp3) is 0.111. The number of hydrogen-bond donors (Lipinski definition) is 1. The predicted octanol–water partition coefficient (Wildman–Crippen LogP) is 0.865. The Kier molecular flexibility index (Phi) is 2.24. The van der Waals surface area contributed by atoms with Crippen LogP contribution in [0.2, 0.25) is 0 Å². The smallest absolute Gasteiger partial charge is 0.141 e. The van der Waals surface area contributed by atoms with Crippen LogP contribution in [-0.4, -0.2) is 14.5 Å². The van der Waals surface area contributed by atoms with E-state index in [1.54, 1.807) is 23.2 Å². The van der Waals surface area contributed by atoms with Gasteiger partial charge in [0.05, 0.1) is 11.9 Å². The first-order chi connectivity index (χ1) is 6.81. The lowest BCUT2D eigenvalue weighted by Gasteiger charge is -2.04. The van der Waals surface area contributed by atoms with Crippen molar-refractivity contribution in [2.45, 2.75) is 6.54 Å². The minimum absolute atomic E-state index is 0.358. The third kappa shape index (κ3) is 1.49. The molecule has 0 aliphatic rings. The fourth-order valence-electron chi connectivity index (χ4n) is 1.19. The molecule has 5 heteroatoms. The van der Waals surface area contributed by atoms with Crippen LogP contribution in [0.25, 0.3) is 5.82 Å². The van der Waals surface area contributed by atoms with Crippen molar-refractivity contribution in [3.63, 3.8) is 0 Å². The summed E-state index contributed by atoms with van der Waals surface area (Å²) in [5.74, 6) is 0.257. The number of rotatable bonds is 2. The third-order valence-corrected chi connectivity index (χ3v) is 1.88. The van der Waals surface area contributed by atoms with Gasteiger partial charge in [0.25, 0.3) is 0 Å². The first-order valence-corrected chi connectivity index (χ1v) is 4.14. The molecule has 0 aromatic carbocycles. The molecule has 72 valence electrons. The van der Waals surface area contributed by atoms with Crippen LogP contribution in [0.4, 0.5) is 4.39 Å². The van der Waals surface area contributed by atoms with Crippen molar-refractivity contribution in [1.29, 1.82) is 0 Å². The molecule has 0 saturated carbocycles. The molecule has 0 amide bonds. The lowest BCUT2D eigenvalue weighted by Crippen LogP contribution is -2.05. The van der Waals surface area contributed by atoms with Crippen LogP contribution in [0.1, 0.15) is 5.69 Å². The fourth-order valence-corrected chi connectivity index (χ4v) is 1.19. The van der Waals surface area contributed by atoms with Gasteiger partial charge in [0, 0.05) is 12.7 Å². The molecule has 0 bridgehead atoms. The van der Waals surface area contributed by atoms with E-state index in [9.17, 15) is 4.39 Å². The van der Waals surface area contributed by atoms with Crippen molar-refractivity contribution >= 4 is 0 Å². The van der Waals surface area contributed by atoms with Gasteiger partial charge in [-0.15, -0.1) is 0 Å². The monoisotopic (exact) mass is 192 g/mol. The van der Waals surface area contributed by atoms with Crippen molar-refractivity contribution in [3.05, 3.63) is 42.4 Å². The van der Waals surface area contributed by atoms with Crippen molar-refractivity contribution < 1.29 is 4.39 Å². The number of hydrogen-bond acceptors (Lipinski definition) is 3. The number of aromatic nitrogens is 3. The van der Waals surface area contributed by atoms with Crippen molar-refractivity contribution in [1.82, 2.24) is 14.5 Å². The highest BCUT2D eigenvalue weighted by atomic mass is 19.1. The Bertz CT molecular complexity index is 421. The molecule has 4 nitrogen and oxygen atoms in total. The number of imidazole rings is 1. The van der Waals surface area contributed by atoms with Gasteiger partial charge in [0.2, 0.25) is 0 Å². The van der Waals surface area contributed by atoms with Crippen LogP contribution in [0.5, 0.6) is 0 Å². The lowest BCUT2D eigenvalue weighted by atomic mass is 10.4. The summed E-state index contributed by atoms with van der Waals surface area (Å²) in [4.78, 5) is 7.86. The van der Waals surface area contributed by atoms with E-state index in [1.165, 1.54) is 6.07 Å². The minimum atomic E-state index is -0.358. The van der Waals surface area contributed by atoms with Gasteiger partial charge in [-0.1, -0.05) is 0 Å². The van der Waals surface area contributed by atoms with Crippen LogP contribution in [0, 0.1) is 5.82 Å². The highest BCUT2D eigenvalue weighted by molar-refractivity contribution is 5.25. The van der Waals surface area contributed by atoms with Gasteiger partial charge in [-0.2, -0.15) is 0 Å². The zero-order chi connectivity index (χ0) is 9.97. The zero-order valence-corrected chi connectivity index (χ0v) is 7.39. The first-order valence-electron chi connectivity index (χ1n) is 4.14. The maximum absolute atomic E-state index is 12.6. The Morgan fingerprint density at radius 1 is 1.36 bits per heavy atom. The molecule has 2 heterocycles. The van der Waals surface area contributed by atoms with Crippen LogP contribution in [0.15, 0.2) is 30.9 Å². The molecule has 2 aromatic heterocycles. The summed E-state index contributed by atoms with van der Waals surface area (Å²) >= 11 is 0. The molecule has 0 aliphatic heterocycles. The Morgan fingerprint density at radius 3 is 2.86 bits per heavy atom. The molecule has 2 aromatic rings. The van der Waals surface area contributed by atoms with E-state index in [0.717, 1.165) is 11.9 Å². The second-order valence-electron chi connectivity index (χ2n) is 2.79. The summed E-state index contributed by atoms with van der Waals surface area (Å²) in [7, 11) is 0. The van der Waals surface area contributed by atoms with E-state index in [4.69, 9.17) is 5.73 Å². The normalized spacial score (nSPS) is 10.4. The van der Waals surface area contributed by atoms with Crippen LogP contribution in [-0.2, 0) is 6.54 Å². The van der Waals surface area contributed by atoms with Crippen LogP contribution < -0.4 is 5.73 Å². The maximum atomic E-state index is 12.6. The molecule has 2 N–H and O–H groups in total.